The normalized spacial score (nSPS) is 23.2. The molecule has 1 saturated heterocycles. The number of rotatable bonds is 2. The smallest absolute Gasteiger partial charge is 0.227 e. The molecule has 0 spiro atoms. The average molecular weight is 270 g/mol. The molecule has 2 rings (SSSR count). The second-order valence-corrected chi connectivity index (χ2v) is 5.12. The summed E-state index contributed by atoms with van der Waals surface area (Å²) < 4.78 is 0. The van der Waals surface area contributed by atoms with Gasteiger partial charge in [0.2, 0.25) is 11.9 Å². The molecule has 7 heteroatoms. The Kier molecular flexibility index (Phi) is 3.30. The zero-order valence-corrected chi connectivity index (χ0v) is 11.2. The molecule has 3 N–H and O–H groups in total. The second kappa shape index (κ2) is 4.61. The Morgan fingerprint density at radius 3 is 3.06 bits per heavy atom. The summed E-state index contributed by atoms with van der Waals surface area (Å²) in [7, 11) is 1.64. The number of carbonyl (C=O) groups is 1. The van der Waals surface area contributed by atoms with E-state index in [1.807, 2.05) is 11.8 Å². The highest BCUT2D eigenvalue weighted by molar-refractivity contribution is 6.32. The minimum Gasteiger partial charge on any atom is -0.368 e. The maximum absolute atomic E-state index is 11.8. The van der Waals surface area contributed by atoms with Gasteiger partial charge in [-0.1, -0.05) is 11.6 Å². The first kappa shape index (κ1) is 12.9. The first-order chi connectivity index (χ1) is 8.46. The Morgan fingerprint density at radius 2 is 2.39 bits per heavy atom. The van der Waals surface area contributed by atoms with E-state index in [4.69, 9.17) is 17.3 Å². The third-order valence-corrected chi connectivity index (χ3v) is 3.56. The lowest BCUT2D eigenvalue weighted by molar-refractivity contribution is -0.128. The predicted octanol–water partition coefficient (Wildman–Crippen LogP) is 0.675. The monoisotopic (exact) mass is 269 g/mol. The van der Waals surface area contributed by atoms with E-state index in [9.17, 15) is 4.79 Å². The largest absolute Gasteiger partial charge is 0.368 e. The standard InChI is InChI=1S/C11H16ClN5O/c1-11(9(18)14-2)3-4-17(6-11)8-7(12)5-15-10(13)16-8/h5H,3-4,6H2,1-2H3,(H,14,18)(H2,13,15,16). The lowest BCUT2D eigenvalue weighted by Gasteiger charge is -2.23. The second-order valence-electron chi connectivity index (χ2n) is 4.71. The number of nitrogens with one attached hydrogen (secondary N) is 1. The number of hydrogen-bond acceptors (Lipinski definition) is 5. The zero-order chi connectivity index (χ0) is 13.3. The molecule has 18 heavy (non-hydrogen) atoms. The van der Waals surface area contributed by atoms with Gasteiger partial charge in [0.1, 0.15) is 5.02 Å². The van der Waals surface area contributed by atoms with Gasteiger partial charge in [-0.15, -0.1) is 0 Å². The summed E-state index contributed by atoms with van der Waals surface area (Å²) in [6.07, 6.45) is 2.24. The van der Waals surface area contributed by atoms with Gasteiger partial charge in [-0.05, 0) is 13.3 Å². The lowest BCUT2D eigenvalue weighted by Crippen LogP contribution is -2.39. The minimum atomic E-state index is -0.419. The van der Waals surface area contributed by atoms with Gasteiger partial charge < -0.3 is 16.0 Å². The number of nitrogens with two attached hydrogens (primary N) is 1. The molecule has 6 nitrogen and oxygen atoms in total. The van der Waals surface area contributed by atoms with Crippen LogP contribution in [-0.2, 0) is 4.79 Å². The van der Waals surface area contributed by atoms with Crippen LogP contribution in [0.4, 0.5) is 11.8 Å². The van der Waals surface area contributed by atoms with Crippen LogP contribution in [0.5, 0.6) is 0 Å². The van der Waals surface area contributed by atoms with Gasteiger partial charge in [0.25, 0.3) is 0 Å². The molecule has 2 heterocycles. The first-order valence-corrected chi connectivity index (χ1v) is 6.09. The summed E-state index contributed by atoms with van der Waals surface area (Å²) in [6, 6.07) is 0. The molecule has 1 aliphatic rings. The van der Waals surface area contributed by atoms with Crippen LogP contribution in [0.25, 0.3) is 0 Å². The van der Waals surface area contributed by atoms with E-state index in [0.29, 0.717) is 17.4 Å². The van der Waals surface area contributed by atoms with E-state index >= 15 is 0 Å². The van der Waals surface area contributed by atoms with Crippen molar-refractivity contribution in [2.24, 2.45) is 5.41 Å². The fourth-order valence-electron chi connectivity index (χ4n) is 2.22. The SMILES string of the molecule is CNC(=O)C1(C)CCN(c2nc(N)ncc2Cl)C1. The van der Waals surface area contributed by atoms with E-state index in [0.717, 1.165) is 13.0 Å². The van der Waals surface area contributed by atoms with Crippen molar-refractivity contribution in [3.8, 4) is 0 Å². The molecule has 1 fully saturated rings. The van der Waals surface area contributed by atoms with Crippen LogP contribution in [-0.4, -0.2) is 36.0 Å². The van der Waals surface area contributed by atoms with Crippen LogP contribution in [0.3, 0.4) is 0 Å². The molecule has 0 bridgehead atoms. The van der Waals surface area contributed by atoms with Crippen LogP contribution in [0.2, 0.25) is 5.02 Å². The minimum absolute atomic E-state index is 0.0307. The van der Waals surface area contributed by atoms with Gasteiger partial charge >= 0.3 is 0 Å². The molecule has 0 radical (unpaired) electrons. The molecule has 1 unspecified atom stereocenters. The van der Waals surface area contributed by atoms with Crippen molar-refractivity contribution in [1.82, 2.24) is 15.3 Å². The molecular formula is C11H16ClN5O. The molecule has 98 valence electrons. The summed E-state index contributed by atoms with van der Waals surface area (Å²) in [4.78, 5) is 21.8. The zero-order valence-electron chi connectivity index (χ0n) is 10.4. The van der Waals surface area contributed by atoms with Crippen LogP contribution in [0.15, 0.2) is 6.20 Å². The number of anilines is 2. The quantitative estimate of drug-likeness (QED) is 0.825. The summed E-state index contributed by atoms with van der Waals surface area (Å²) in [6.45, 7) is 3.23. The fourth-order valence-corrected chi connectivity index (χ4v) is 2.43. The summed E-state index contributed by atoms with van der Waals surface area (Å²) in [5.41, 5.74) is 5.14. The van der Waals surface area contributed by atoms with Gasteiger partial charge in [0, 0.05) is 20.1 Å². The lowest BCUT2D eigenvalue weighted by atomic mass is 9.89. The van der Waals surface area contributed by atoms with Crippen molar-refractivity contribution in [2.45, 2.75) is 13.3 Å². The van der Waals surface area contributed by atoms with Crippen molar-refractivity contribution in [3.63, 3.8) is 0 Å². The fraction of sp³-hybridized carbons (Fsp3) is 0.545. The van der Waals surface area contributed by atoms with Crippen molar-refractivity contribution in [3.05, 3.63) is 11.2 Å². The van der Waals surface area contributed by atoms with E-state index in [1.54, 1.807) is 7.05 Å². The molecule has 1 aromatic rings. The third-order valence-electron chi connectivity index (χ3n) is 3.29. The highest BCUT2D eigenvalue weighted by Crippen LogP contribution is 2.35. The third kappa shape index (κ3) is 2.20. The number of nitrogens with zero attached hydrogens (tertiary/aromatic N) is 3. The van der Waals surface area contributed by atoms with Crippen molar-refractivity contribution < 1.29 is 4.79 Å². The summed E-state index contributed by atoms with van der Waals surface area (Å²) in [5.74, 6) is 0.808. The number of amides is 1. The Balaban J connectivity index is 2.23. The van der Waals surface area contributed by atoms with E-state index in [1.165, 1.54) is 6.20 Å². The van der Waals surface area contributed by atoms with E-state index < -0.39 is 5.41 Å². The predicted molar refractivity (Wildman–Crippen MR) is 70.5 cm³/mol. The molecule has 0 saturated carbocycles. The Morgan fingerprint density at radius 1 is 1.67 bits per heavy atom. The average Bonchev–Trinajstić information content (AvgIpc) is 2.75. The number of carbonyl (C=O) groups excluding carboxylic acids is 1. The molecule has 1 aromatic heterocycles. The van der Waals surface area contributed by atoms with Crippen LogP contribution < -0.4 is 16.0 Å². The summed E-state index contributed by atoms with van der Waals surface area (Å²) >= 11 is 6.06. The summed E-state index contributed by atoms with van der Waals surface area (Å²) in [5, 5.41) is 3.14. The van der Waals surface area contributed by atoms with Gasteiger partial charge in [-0.3, -0.25) is 4.79 Å². The first-order valence-electron chi connectivity index (χ1n) is 5.71. The number of nitrogen functional groups attached to an aromatic ring is 1. The van der Waals surface area contributed by atoms with Gasteiger partial charge in [0.15, 0.2) is 5.82 Å². The van der Waals surface area contributed by atoms with Crippen molar-refractivity contribution in [2.75, 3.05) is 30.8 Å². The number of aromatic nitrogens is 2. The highest BCUT2D eigenvalue weighted by atomic mass is 35.5. The van der Waals surface area contributed by atoms with Gasteiger partial charge in [-0.2, -0.15) is 4.98 Å². The molecule has 1 amide bonds. The van der Waals surface area contributed by atoms with E-state index in [2.05, 4.69) is 15.3 Å². The van der Waals surface area contributed by atoms with Gasteiger partial charge in [0.05, 0.1) is 11.6 Å². The van der Waals surface area contributed by atoms with Crippen molar-refractivity contribution in [1.29, 1.82) is 0 Å². The number of halogens is 1. The van der Waals surface area contributed by atoms with E-state index in [-0.39, 0.29) is 11.9 Å². The van der Waals surface area contributed by atoms with Gasteiger partial charge in [-0.25, -0.2) is 4.98 Å². The Hall–Kier alpha value is -1.56. The molecule has 0 aliphatic carbocycles. The van der Waals surface area contributed by atoms with Crippen LogP contribution in [0, 0.1) is 5.41 Å². The highest BCUT2D eigenvalue weighted by Gasteiger charge is 2.40. The number of hydrogen-bond donors (Lipinski definition) is 2. The maximum atomic E-state index is 11.8. The topological polar surface area (TPSA) is 84.1 Å². The van der Waals surface area contributed by atoms with Crippen molar-refractivity contribution >= 4 is 29.3 Å². The maximum Gasteiger partial charge on any atom is 0.227 e. The Bertz CT molecular complexity index is 481. The van der Waals surface area contributed by atoms with Crippen LogP contribution >= 0.6 is 11.6 Å². The molecule has 1 aliphatic heterocycles. The molecule has 1 atom stereocenters. The Labute approximate surface area is 111 Å². The molecular weight excluding hydrogens is 254 g/mol. The molecule has 0 aromatic carbocycles. The van der Waals surface area contributed by atoms with Crippen LogP contribution in [0.1, 0.15) is 13.3 Å².